The number of carboxylic acid groups (broad SMARTS) is 1. The van der Waals surface area contributed by atoms with Gasteiger partial charge >= 0.3 is 5.97 Å². The molecule has 0 spiro atoms. The van der Waals surface area contributed by atoms with Crippen LogP contribution in [-0.4, -0.2) is 45.0 Å². The number of carbonyl (C=O) groups is 1. The Morgan fingerprint density at radius 3 is 2.57 bits per heavy atom. The Morgan fingerprint density at radius 2 is 2.14 bits per heavy atom. The lowest BCUT2D eigenvalue weighted by atomic mass is 10.3. The van der Waals surface area contributed by atoms with Crippen LogP contribution in [0.2, 0.25) is 0 Å². The van der Waals surface area contributed by atoms with E-state index in [2.05, 4.69) is 4.98 Å². The smallest absolute Gasteiger partial charge is 0.324 e. The summed E-state index contributed by atoms with van der Waals surface area (Å²) in [6.07, 6.45) is 0.819. The molecule has 1 aromatic rings. The van der Waals surface area contributed by atoms with Gasteiger partial charge in [0.25, 0.3) is 15.8 Å². The summed E-state index contributed by atoms with van der Waals surface area (Å²) in [5.74, 6) is -1.48. The van der Waals surface area contributed by atoms with Crippen molar-refractivity contribution in [2.24, 2.45) is 0 Å². The Hall–Kier alpha value is -1.37. The molecule has 1 unspecified atom stereocenters. The van der Waals surface area contributed by atoms with Crippen LogP contribution in [0.4, 0.5) is 5.69 Å². The Balaban J connectivity index is 2.46. The summed E-state index contributed by atoms with van der Waals surface area (Å²) in [5, 5.41) is 17.7. The van der Waals surface area contributed by atoms with Crippen molar-refractivity contribution in [3.05, 3.63) is 28.4 Å². The Kier molecular flexibility index (Phi) is 6.39. The molecule has 0 amide bonds. The first-order valence-corrected chi connectivity index (χ1v) is 9.13. The van der Waals surface area contributed by atoms with E-state index in [4.69, 9.17) is 9.66 Å². The maximum Gasteiger partial charge on any atom is 0.324 e. The molecule has 9 nitrogen and oxygen atoms in total. The van der Waals surface area contributed by atoms with Crippen LogP contribution in [0, 0.1) is 10.1 Å². The lowest BCUT2D eigenvalue weighted by molar-refractivity contribution is -0.385. The second-order valence-electron chi connectivity index (χ2n) is 3.65. The molecule has 12 heteroatoms. The van der Waals surface area contributed by atoms with Gasteiger partial charge in [-0.25, -0.2) is 4.98 Å². The summed E-state index contributed by atoms with van der Waals surface area (Å²) in [6.45, 7) is 0. The molecule has 0 aliphatic carbocycles. The van der Waals surface area contributed by atoms with Gasteiger partial charge in [0.1, 0.15) is 11.2 Å². The topological polar surface area (TPSA) is 148 Å². The van der Waals surface area contributed by atoms with Crippen LogP contribution in [0.3, 0.4) is 0 Å². The molecule has 116 valence electrons. The number of nitro groups is 1. The largest absolute Gasteiger partial charge is 0.480 e. The maximum atomic E-state index is 10.8. The van der Waals surface area contributed by atoms with Crippen LogP contribution in [0.25, 0.3) is 0 Å². The minimum atomic E-state index is -4.64. The van der Waals surface area contributed by atoms with Crippen LogP contribution < -0.4 is 0 Å². The van der Waals surface area contributed by atoms with E-state index >= 15 is 0 Å². The van der Waals surface area contributed by atoms with Crippen LogP contribution in [0.5, 0.6) is 0 Å². The average molecular weight is 354 g/mol. The zero-order valence-corrected chi connectivity index (χ0v) is 12.7. The number of pyridine rings is 1. The normalized spacial score (nSPS) is 12.8. The molecule has 0 radical (unpaired) electrons. The molecular formula is C9H10N2O7S3. The molecule has 1 aromatic heterocycles. The minimum Gasteiger partial charge on any atom is -0.480 e. The van der Waals surface area contributed by atoms with Crippen molar-refractivity contribution in [3.8, 4) is 0 Å². The molecule has 1 heterocycles. The molecule has 0 aliphatic heterocycles. The zero-order chi connectivity index (χ0) is 16.0. The highest BCUT2D eigenvalue weighted by Gasteiger charge is 2.30. The number of aliphatic carboxylic acids is 1. The molecule has 0 saturated carbocycles. The summed E-state index contributed by atoms with van der Waals surface area (Å²) in [6, 6.07) is 2.70. The first-order chi connectivity index (χ1) is 9.71. The van der Waals surface area contributed by atoms with E-state index in [1.54, 1.807) is 0 Å². The van der Waals surface area contributed by atoms with Gasteiger partial charge < -0.3 is 5.11 Å². The molecule has 0 bridgehead atoms. The van der Waals surface area contributed by atoms with Gasteiger partial charge in [-0.1, -0.05) is 10.8 Å². The third kappa shape index (κ3) is 5.87. The molecule has 1 atom stereocenters. The van der Waals surface area contributed by atoms with Gasteiger partial charge in [0.05, 0.1) is 4.92 Å². The molecular weight excluding hydrogens is 344 g/mol. The van der Waals surface area contributed by atoms with Crippen LogP contribution in [-0.2, 0) is 14.9 Å². The number of aromatic nitrogens is 1. The molecule has 0 saturated heterocycles. The van der Waals surface area contributed by atoms with Crippen molar-refractivity contribution in [2.75, 3.05) is 5.75 Å². The van der Waals surface area contributed by atoms with Crippen LogP contribution in [0.1, 0.15) is 6.42 Å². The van der Waals surface area contributed by atoms with Crippen molar-refractivity contribution in [3.63, 3.8) is 0 Å². The van der Waals surface area contributed by atoms with E-state index in [1.165, 1.54) is 12.1 Å². The quantitative estimate of drug-likeness (QED) is 0.231. The fourth-order valence-electron chi connectivity index (χ4n) is 1.19. The number of rotatable bonds is 8. The lowest BCUT2D eigenvalue weighted by Gasteiger charge is -2.07. The number of nitrogens with zero attached hydrogens (tertiary/aromatic N) is 2. The van der Waals surface area contributed by atoms with Crippen molar-refractivity contribution >= 4 is 43.4 Å². The predicted molar refractivity (Wildman–Crippen MR) is 76.8 cm³/mol. The number of hydrogen-bond acceptors (Lipinski definition) is 8. The van der Waals surface area contributed by atoms with Gasteiger partial charge in [0, 0.05) is 11.8 Å². The van der Waals surface area contributed by atoms with E-state index in [-0.39, 0.29) is 17.9 Å². The van der Waals surface area contributed by atoms with Gasteiger partial charge in [-0.15, -0.1) is 0 Å². The maximum absolute atomic E-state index is 10.8. The second-order valence-corrected chi connectivity index (χ2v) is 7.68. The Bertz CT molecular complexity index is 617. The highest BCUT2D eigenvalue weighted by Crippen LogP contribution is 2.31. The fraction of sp³-hybridized carbons (Fsp3) is 0.333. The van der Waals surface area contributed by atoms with Gasteiger partial charge in [0.15, 0.2) is 5.25 Å². The van der Waals surface area contributed by atoms with Crippen LogP contribution in [0.15, 0.2) is 23.4 Å². The standard InChI is InChI=1S/C9H10N2O7S3/c12-9(13)7(21(16,17)18)3-4-19-20-8-2-1-6(5-10-8)11(14)15/h1-2,5,7H,3-4H2,(H,12,13)(H,16,17,18). The van der Waals surface area contributed by atoms with Crippen molar-refractivity contribution in [1.82, 2.24) is 4.98 Å². The summed E-state index contributed by atoms with van der Waals surface area (Å²) in [5.41, 5.74) is -0.151. The molecule has 0 aromatic carbocycles. The molecule has 2 N–H and O–H groups in total. The van der Waals surface area contributed by atoms with E-state index in [1.807, 2.05) is 0 Å². The number of hydrogen-bond donors (Lipinski definition) is 2. The molecule has 21 heavy (non-hydrogen) atoms. The average Bonchev–Trinajstić information content (AvgIpc) is 2.37. The Labute approximate surface area is 127 Å². The molecule has 0 aliphatic rings. The first kappa shape index (κ1) is 17.7. The van der Waals surface area contributed by atoms with Gasteiger partial charge in [0.2, 0.25) is 0 Å². The van der Waals surface area contributed by atoms with E-state index in [0.717, 1.165) is 27.8 Å². The highest BCUT2D eigenvalue weighted by atomic mass is 33.1. The van der Waals surface area contributed by atoms with Gasteiger partial charge in [-0.3, -0.25) is 19.5 Å². The van der Waals surface area contributed by atoms with E-state index in [9.17, 15) is 23.3 Å². The molecule has 0 fully saturated rings. The van der Waals surface area contributed by atoms with Gasteiger partial charge in [-0.2, -0.15) is 8.42 Å². The summed E-state index contributed by atoms with van der Waals surface area (Å²) >= 11 is 0. The fourth-order valence-corrected chi connectivity index (χ4v) is 3.96. The van der Waals surface area contributed by atoms with E-state index in [0.29, 0.717) is 5.03 Å². The van der Waals surface area contributed by atoms with Gasteiger partial charge in [-0.05, 0) is 23.3 Å². The minimum absolute atomic E-state index is 0.139. The summed E-state index contributed by atoms with van der Waals surface area (Å²) in [4.78, 5) is 24.3. The predicted octanol–water partition coefficient (Wildman–Crippen LogP) is 1.46. The Morgan fingerprint density at radius 1 is 1.48 bits per heavy atom. The van der Waals surface area contributed by atoms with Crippen molar-refractivity contribution in [1.29, 1.82) is 0 Å². The SMILES string of the molecule is O=C(O)C(CCSSc1ccc([N+](=O)[O-])cn1)S(=O)(=O)O. The third-order valence-corrected chi connectivity index (χ3v) is 5.63. The first-order valence-electron chi connectivity index (χ1n) is 5.31. The summed E-state index contributed by atoms with van der Waals surface area (Å²) < 4.78 is 30.4. The van der Waals surface area contributed by atoms with Crippen molar-refractivity contribution < 1.29 is 27.8 Å². The molecule has 1 rings (SSSR count). The number of carboxylic acids is 1. The van der Waals surface area contributed by atoms with Crippen molar-refractivity contribution in [2.45, 2.75) is 16.7 Å². The monoisotopic (exact) mass is 354 g/mol. The third-order valence-electron chi connectivity index (χ3n) is 2.17. The van der Waals surface area contributed by atoms with E-state index < -0.39 is 26.3 Å². The zero-order valence-electron chi connectivity index (χ0n) is 10.3. The highest BCUT2D eigenvalue weighted by molar-refractivity contribution is 8.76. The van der Waals surface area contributed by atoms with Crippen LogP contribution >= 0.6 is 21.6 Å². The lowest BCUT2D eigenvalue weighted by Crippen LogP contribution is -2.30. The second kappa shape index (κ2) is 7.59. The summed E-state index contributed by atoms with van der Waals surface area (Å²) in [7, 11) is -2.39.